The predicted molar refractivity (Wildman–Crippen MR) is 89.7 cm³/mol. The molecule has 0 aromatic heterocycles. The number of ether oxygens (including phenoxy) is 2. The number of nitro groups is 1. The van der Waals surface area contributed by atoms with Crippen LogP contribution >= 0.6 is 0 Å². The molecule has 0 radical (unpaired) electrons. The van der Waals surface area contributed by atoms with Gasteiger partial charge in [-0.05, 0) is 36.8 Å². The van der Waals surface area contributed by atoms with Crippen molar-refractivity contribution >= 4 is 23.3 Å². The average Bonchev–Trinajstić information content (AvgIpc) is 2.62. The lowest BCUT2D eigenvalue weighted by Gasteiger charge is -2.08. The summed E-state index contributed by atoms with van der Waals surface area (Å²) in [5.41, 5.74) is -0.120. The summed E-state index contributed by atoms with van der Waals surface area (Å²) < 4.78 is 23.1. The van der Waals surface area contributed by atoms with Gasteiger partial charge in [-0.2, -0.15) is 0 Å². The number of nitrogens with one attached hydrogen (secondary N) is 1. The molecule has 0 aliphatic carbocycles. The third kappa shape index (κ3) is 4.53. The molecule has 1 N–H and O–H groups in total. The predicted octanol–water partition coefficient (Wildman–Crippen LogP) is 2.85. The van der Waals surface area contributed by atoms with Crippen LogP contribution in [0.1, 0.15) is 15.9 Å². The molecule has 0 unspecified atom stereocenters. The second-order valence-electron chi connectivity index (χ2n) is 5.23. The first-order chi connectivity index (χ1) is 12.3. The summed E-state index contributed by atoms with van der Waals surface area (Å²) in [6, 6.07) is 7.66. The van der Waals surface area contributed by atoms with E-state index in [-0.39, 0.29) is 22.7 Å². The Kier molecular flexibility index (Phi) is 5.84. The fraction of sp³-hybridized carbons (Fsp3) is 0.176. The number of nitrogens with zero attached hydrogens (tertiary/aromatic N) is 1. The van der Waals surface area contributed by atoms with Crippen LogP contribution in [0.5, 0.6) is 5.75 Å². The largest absolute Gasteiger partial charge is 0.496 e. The Labute approximate surface area is 147 Å². The molecule has 0 saturated heterocycles. The van der Waals surface area contributed by atoms with Gasteiger partial charge in [0.1, 0.15) is 17.3 Å². The Bertz CT molecular complexity index is 868. The molecule has 136 valence electrons. The Morgan fingerprint density at radius 1 is 1.23 bits per heavy atom. The molecule has 0 bridgehead atoms. The van der Waals surface area contributed by atoms with E-state index in [4.69, 9.17) is 9.47 Å². The summed E-state index contributed by atoms with van der Waals surface area (Å²) >= 11 is 0. The number of anilines is 1. The van der Waals surface area contributed by atoms with Gasteiger partial charge in [0.15, 0.2) is 6.61 Å². The SMILES string of the molecule is COc1ccc(NC(=O)COC(=O)c2ccc(C)c(F)c2)c([N+](=O)[O-])c1. The minimum absolute atomic E-state index is 0.0451. The molecule has 0 heterocycles. The van der Waals surface area contributed by atoms with Gasteiger partial charge >= 0.3 is 5.97 Å². The summed E-state index contributed by atoms with van der Waals surface area (Å²) in [6.07, 6.45) is 0. The molecule has 2 rings (SSSR count). The van der Waals surface area contributed by atoms with Crippen molar-refractivity contribution in [1.29, 1.82) is 0 Å². The number of carbonyl (C=O) groups excluding carboxylic acids is 2. The van der Waals surface area contributed by atoms with E-state index in [1.165, 1.54) is 31.4 Å². The molecule has 0 spiro atoms. The van der Waals surface area contributed by atoms with Crippen LogP contribution in [0.3, 0.4) is 0 Å². The van der Waals surface area contributed by atoms with E-state index in [9.17, 15) is 24.1 Å². The van der Waals surface area contributed by atoms with Gasteiger partial charge in [0.05, 0.1) is 23.7 Å². The van der Waals surface area contributed by atoms with Gasteiger partial charge < -0.3 is 14.8 Å². The lowest BCUT2D eigenvalue weighted by molar-refractivity contribution is -0.384. The molecule has 2 aromatic carbocycles. The maximum absolute atomic E-state index is 13.4. The maximum Gasteiger partial charge on any atom is 0.338 e. The van der Waals surface area contributed by atoms with Crippen molar-refractivity contribution in [2.24, 2.45) is 0 Å². The summed E-state index contributed by atoms with van der Waals surface area (Å²) in [5.74, 6) is -1.98. The fourth-order valence-electron chi connectivity index (χ4n) is 2.02. The summed E-state index contributed by atoms with van der Waals surface area (Å²) in [5, 5.41) is 13.3. The molecular formula is C17H15FN2O6. The summed E-state index contributed by atoms with van der Waals surface area (Å²) in [4.78, 5) is 34.1. The number of nitro benzene ring substituents is 1. The highest BCUT2D eigenvalue weighted by molar-refractivity contribution is 5.96. The van der Waals surface area contributed by atoms with E-state index >= 15 is 0 Å². The number of hydrogen-bond donors (Lipinski definition) is 1. The number of hydrogen-bond acceptors (Lipinski definition) is 6. The molecular weight excluding hydrogens is 347 g/mol. The molecule has 0 fully saturated rings. The molecule has 26 heavy (non-hydrogen) atoms. The molecule has 1 amide bonds. The number of halogens is 1. The van der Waals surface area contributed by atoms with Gasteiger partial charge in [-0.15, -0.1) is 0 Å². The molecule has 0 aliphatic rings. The van der Waals surface area contributed by atoms with Crippen molar-refractivity contribution in [3.05, 3.63) is 63.5 Å². The van der Waals surface area contributed by atoms with Gasteiger partial charge in [0.25, 0.3) is 11.6 Å². The first-order valence-electron chi connectivity index (χ1n) is 7.37. The van der Waals surface area contributed by atoms with E-state index in [0.717, 1.165) is 12.1 Å². The standard InChI is InChI=1S/C17H15FN2O6/c1-10-3-4-11(7-13(10)18)17(22)26-9-16(21)19-14-6-5-12(25-2)8-15(14)20(23)24/h3-8H,9H2,1-2H3,(H,19,21). The zero-order chi connectivity index (χ0) is 19.3. The Hall–Kier alpha value is -3.49. The lowest BCUT2D eigenvalue weighted by atomic mass is 10.1. The normalized spacial score (nSPS) is 10.1. The van der Waals surface area contributed by atoms with E-state index < -0.39 is 29.2 Å². The third-order valence-corrected chi connectivity index (χ3v) is 3.42. The van der Waals surface area contributed by atoms with Crippen molar-refractivity contribution < 1.29 is 28.4 Å². The fourth-order valence-corrected chi connectivity index (χ4v) is 2.02. The highest BCUT2D eigenvalue weighted by Gasteiger charge is 2.18. The molecule has 8 nitrogen and oxygen atoms in total. The Morgan fingerprint density at radius 2 is 1.96 bits per heavy atom. The summed E-state index contributed by atoms with van der Waals surface area (Å²) in [7, 11) is 1.35. The monoisotopic (exact) mass is 362 g/mol. The van der Waals surface area contributed by atoms with Crippen molar-refractivity contribution in [3.8, 4) is 5.75 Å². The highest BCUT2D eigenvalue weighted by atomic mass is 19.1. The molecule has 2 aromatic rings. The van der Waals surface area contributed by atoms with Gasteiger partial charge in [-0.25, -0.2) is 9.18 Å². The van der Waals surface area contributed by atoms with Gasteiger partial charge in [-0.3, -0.25) is 14.9 Å². The maximum atomic E-state index is 13.4. The lowest BCUT2D eigenvalue weighted by Crippen LogP contribution is -2.21. The van der Waals surface area contributed by atoms with Crippen LogP contribution in [-0.2, 0) is 9.53 Å². The molecule has 9 heteroatoms. The van der Waals surface area contributed by atoms with Gasteiger partial charge in [0.2, 0.25) is 0 Å². The first-order valence-corrected chi connectivity index (χ1v) is 7.37. The van der Waals surface area contributed by atoms with E-state index in [0.29, 0.717) is 5.56 Å². The van der Waals surface area contributed by atoms with Gasteiger partial charge in [-0.1, -0.05) is 6.07 Å². The van der Waals surface area contributed by atoms with Crippen molar-refractivity contribution in [2.45, 2.75) is 6.92 Å². The molecule has 0 aliphatic heterocycles. The topological polar surface area (TPSA) is 108 Å². The van der Waals surface area contributed by atoms with Crippen molar-refractivity contribution in [1.82, 2.24) is 0 Å². The first kappa shape index (κ1) is 18.8. The van der Waals surface area contributed by atoms with Crippen LogP contribution in [0.2, 0.25) is 0 Å². The number of methoxy groups -OCH3 is 1. The average molecular weight is 362 g/mol. The van der Waals surface area contributed by atoms with Crippen LogP contribution in [0, 0.1) is 22.9 Å². The van der Waals surface area contributed by atoms with Crippen LogP contribution in [0.15, 0.2) is 36.4 Å². The minimum Gasteiger partial charge on any atom is -0.496 e. The second kappa shape index (κ2) is 8.06. The van der Waals surface area contributed by atoms with Crippen LogP contribution in [0.25, 0.3) is 0 Å². The summed E-state index contributed by atoms with van der Waals surface area (Å²) in [6.45, 7) is 0.858. The Morgan fingerprint density at radius 3 is 2.58 bits per heavy atom. The van der Waals surface area contributed by atoms with E-state index in [1.807, 2.05) is 0 Å². The number of aryl methyl sites for hydroxylation is 1. The van der Waals surface area contributed by atoms with Crippen molar-refractivity contribution in [2.75, 3.05) is 19.0 Å². The number of benzene rings is 2. The molecule has 0 saturated carbocycles. The third-order valence-electron chi connectivity index (χ3n) is 3.42. The number of rotatable bonds is 6. The highest BCUT2D eigenvalue weighted by Crippen LogP contribution is 2.28. The quantitative estimate of drug-likeness (QED) is 0.481. The number of esters is 1. The van der Waals surface area contributed by atoms with Crippen LogP contribution in [0.4, 0.5) is 15.8 Å². The zero-order valence-electron chi connectivity index (χ0n) is 13.9. The Balaban J connectivity index is 2.01. The molecule has 0 atom stereocenters. The van der Waals surface area contributed by atoms with Gasteiger partial charge in [0, 0.05) is 0 Å². The zero-order valence-corrected chi connectivity index (χ0v) is 13.9. The number of carbonyl (C=O) groups is 2. The second-order valence-corrected chi connectivity index (χ2v) is 5.23. The minimum atomic E-state index is -0.886. The van der Waals surface area contributed by atoms with Crippen molar-refractivity contribution in [3.63, 3.8) is 0 Å². The number of amides is 1. The van der Waals surface area contributed by atoms with E-state index in [1.54, 1.807) is 6.92 Å². The van der Waals surface area contributed by atoms with Crippen LogP contribution < -0.4 is 10.1 Å². The van der Waals surface area contributed by atoms with Crippen LogP contribution in [-0.4, -0.2) is 30.5 Å². The van der Waals surface area contributed by atoms with E-state index in [2.05, 4.69) is 5.32 Å². The smallest absolute Gasteiger partial charge is 0.338 e.